The molecule has 2 heterocycles. The van der Waals surface area contributed by atoms with E-state index in [1.807, 2.05) is 60.7 Å². The summed E-state index contributed by atoms with van der Waals surface area (Å²) in [5.41, 5.74) is 3.13. The van der Waals surface area contributed by atoms with Gasteiger partial charge in [-0.25, -0.2) is 9.67 Å². The number of piperidine rings is 1. The van der Waals surface area contributed by atoms with Crippen molar-refractivity contribution in [1.82, 2.24) is 25.0 Å². The number of nitrogens with zero attached hydrogens (tertiary/aromatic N) is 4. The lowest BCUT2D eigenvalue weighted by Crippen LogP contribution is -2.44. The van der Waals surface area contributed by atoms with Gasteiger partial charge in [-0.3, -0.25) is 9.69 Å². The fraction of sp³-hybridized carbons (Fsp3) is 0.320. The van der Waals surface area contributed by atoms with E-state index in [0.717, 1.165) is 43.7 Å². The molecule has 1 fully saturated rings. The molecule has 0 bridgehead atoms. The van der Waals surface area contributed by atoms with Crippen LogP contribution in [0.2, 0.25) is 0 Å². The molecule has 31 heavy (non-hydrogen) atoms. The van der Waals surface area contributed by atoms with Gasteiger partial charge in [0.05, 0.1) is 5.69 Å². The lowest BCUT2D eigenvalue weighted by molar-refractivity contribution is 0.0903. The van der Waals surface area contributed by atoms with Gasteiger partial charge < -0.3 is 5.32 Å². The van der Waals surface area contributed by atoms with Crippen LogP contribution in [-0.2, 0) is 0 Å². The summed E-state index contributed by atoms with van der Waals surface area (Å²) in [7, 11) is 0. The second-order valence-electron chi connectivity index (χ2n) is 8.20. The van der Waals surface area contributed by atoms with Crippen molar-refractivity contribution >= 4 is 5.91 Å². The molecule has 1 N–H and O–H groups in total. The number of benzene rings is 2. The van der Waals surface area contributed by atoms with E-state index in [1.54, 1.807) is 4.68 Å². The third-order valence-electron chi connectivity index (χ3n) is 5.52. The minimum absolute atomic E-state index is 0.152. The van der Waals surface area contributed by atoms with Gasteiger partial charge in [-0.15, -0.1) is 5.10 Å². The summed E-state index contributed by atoms with van der Waals surface area (Å²) < 4.78 is 1.74. The Morgan fingerprint density at radius 3 is 2.32 bits per heavy atom. The van der Waals surface area contributed by atoms with Gasteiger partial charge in [0.2, 0.25) is 5.82 Å². The van der Waals surface area contributed by atoms with Crippen molar-refractivity contribution in [2.24, 2.45) is 0 Å². The molecular formula is C25H29N5O. The average molecular weight is 416 g/mol. The number of aromatic nitrogens is 3. The molecule has 1 aliphatic heterocycles. The summed E-state index contributed by atoms with van der Waals surface area (Å²) in [6, 6.07) is 19.8. The van der Waals surface area contributed by atoms with E-state index in [0.29, 0.717) is 5.82 Å². The van der Waals surface area contributed by atoms with E-state index >= 15 is 0 Å². The highest BCUT2D eigenvalue weighted by molar-refractivity contribution is 5.91. The third kappa shape index (κ3) is 5.27. The molecule has 0 radical (unpaired) electrons. The molecule has 0 atom stereocenters. The first-order chi connectivity index (χ1) is 15.1. The predicted octanol–water partition coefficient (Wildman–Crippen LogP) is 4.09. The van der Waals surface area contributed by atoms with Crippen molar-refractivity contribution in [3.63, 3.8) is 0 Å². The van der Waals surface area contributed by atoms with E-state index in [4.69, 9.17) is 0 Å². The maximum absolute atomic E-state index is 13.0. The van der Waals surface area contributed by atoms with Crippen molar-refractivity contribution in [2.75, 3.05) is 19.6 Å². The zero-order valence-corrected chi connectivity index (χ0v) is 18.2. The Labute approximate surface area is 183 Å². The summed E-state index contributed by atoms with van der Waals surface area (Å²) in [5.74, 6) is 0.651. The SMILES string of the molecule is CC(C)=CCN1CCC(NC(=O)c2nc(-c3ccccc3)n(-c3ccccc3)n2)CC1. The monoisotopic (exact) mass is 415 g/mol. The molecule has 0 aliphatic carbocycles. The van der Waals surface area contributed by atoms with Crippen molar-refractivity contribution in [1.29, 1.82) is 0 Å². The molecular weight excluding hydrogens is 386 g/mol. The van der Waals surface area contributed by atoms with Crippen LogP contribution in [0.4, 0.5) is 0 Å². The summed E-state index contributed by atoms with van der Waals surface area (Å²) in [6.45, 7) is 7.19. The van der Waals surface area contributed by atoms with Crippen LogP contribution < -0.4 is 5.32 Å². The topological polar surface area (TPSA) is 63.1 Å². The maximum Gasteiger partial charge on any atom is 0.291 e. The zero-order valence-electron chi connectivity index (χ0n) is 18.2. The van der Waals surface area contributed by atoms with Crippen molar-refractivity contribution < 1.29 is 4.79 Å². The van der Waals surface area contributed by atoms with Crippen LogP contribution in [0, 0.1) is 0 Å². The first-order valence-corrected chi connectivity index (χ1v) is 10.8. The molecule has 0 spiro atoms. The molecule has 0 saturated carbocycles. The molecule has 2 aromatic carbocycles. The normalized spacial score (nSPS) is 14.9. The minimum atomic E-state index is -0.213. The molecule has 1 aliphatic rings. The highest BCUT2D eigenvalue weighted by atomic mass is 16.2. The molecule has 6 heteroatoms. The van der Waals surface area contributed by atoms with Gasteiger partial charge in [0.25, 0.3) is 5.91 Å². The number of nitrogens with one attached hydrogen (secondary N) is 1. The maximum atomic E-state index is 13.0. The van der Waals surface area contributed by atoms with E-state index in [9.17, 15) is 4.79 Å². The van der Waals surface area contributed by atoms with Crippen molar-refractivity contribution in [2.45, 2.75) is 32.7 Å². The molecule has 1 saturated heterocycles. The average Bonchev–Trinajstić information content (AvgIpc) is 3.25. The number of likely N-dealkylation sites (tertiary alicyclic amines) is 1. The molecule has 6 nitrogen and oxygen atoms in total. The van der Waals surface area contributed by atoms with E-state index in [-0.39, 0.29) is 17.8 Å². The molecule has 160 valence electrons. The van der Waals surface area contributed by atoms with Crippen molar-refractivity contribution in [3.8, 4) is 17.1 Å². The first-order valence-electron chi connectivity index (χ1n) is 10.8. The van der Waals surface area contributed by atoms with Crippen LogP contribution in [0.5, 0.6) is 0 Å². The largest absolute Gasteiger partial charge is 0.346 e. The number of allylic oxidation sites excluding steroid dienone is 1. The van der Waals surface area contributed by atoms with E-state index in [1.165, 1.54) is 5.57 Å². The highest BCUT2D eigenvalue weighted by Crippen LogP contribution is 2.21. The Bertz CT molecular complexity index is 973. The number of carbonyl (C=O) groups excluding carboxylic acids is 1. The van der Waals surface area contributed by atoms with Gasteiger partial charge >= 0.3 is 0 Å². The van der Waals surface area contributed by atoms with Crippen molar-refractivity contribution in [3.05, 3.63) is 78.1 Å². The zero-order chi connectivity index (χ0) is 21.6. The van der Waals surface area contributed by atoms with Gasteiger partial charge in [-0.2, -0.15) is 0 Å². The Morgan fingerprint density at radius 2 is 1.68 bits per heavy atom. The predicted molar refractivity (Wildman–Crippen MR) is 123 cm³/mol. The van der Waals surface area contributed by atoms with E-state index in [2.05, 4.69) is 40.2 Å². The summed E-state index contributed by atoms with van der Waals surface area (Å²) in [5, 5.41) is 7.71. The number of amides is 1. The second kappa shape index (κ2) is 9.71. The van der Waals surface area contributed by atoms with Crippen LogP contribution >= 0.6 is 0 Å². The molecule has 1 aromatic heterocycles. The highest BCUT2D eigenvalue weighted by Gasteiger charge is 2.24. The number of carbonyl (C=O) groups is 1. The van der Waals surface area contributed by atoms with Gasteiger partial charge in [0.1, 0.15) is 0 Å². The smallest absolute Gasteiger partial charge is 0.291 e. The van der Waals surface area contributed by atoms with Crippen LogP contribution in [0.25, 0.3) is 17.1 Å². The number of hydrogen-bond acceptors (Lipinski definition) is 4. The van der Waals surface area contributed by atoms with Crippen LogP contribution in [-0.4, -0.2) is 51.2 Å². The van der Waals surface area contributed by atoms with Gasteiger partial charge in [-0.1, -0.05) is 60.2 Å². The molecule has 4 rings (SSSR count). The quantitative estimate of drug-likeness (QED) is 0.616. The first kappa shape index (κ1) is 21.0. The van der Waals surface area contributed by atoms with E-state index < -0.39 is 0 Å². The van der Waals surface area contributed by atoms with Crippen LogP contribution in [0.15, 0.2) is 72.3 Å². The molecule has 3 aromatic rings. The fourth-order valence-corrected chi connectivity index (χ4v) is 3.75. The third-order valence-corrected chi connectivity index (χ3v) is 5.52. The number of rotatable bonds is 6. The van der Waals surface area contributed by atoms with Crippen LogP contribution in [0.3, 0.4) is 0 Å². The fourth-order valence-electron chi connectivity index (χ4n) is 3.75. The van der Waals surface area contributed by atoms with Gasteiger partial charge in [-0.05, 0) is 38.8 Å². The molecule has 0 unspecified atom stereocenters. The number of para-hydroxylation sites is 1. The Morgan fingerprint density at radius 1 is 1.03 bits per heavy atom. The number of hydrogen-bond donors (Lipinski definition) is 1. The summed E-state index contributed by atoms with van der Waals surface area (Å²) >= 11 is 0. The lowest BCUT2D eigenvalue weighted by Gasteiger charge is -2.31. The second-order valence-corrected chi connectivity index (χ2v) is 8.20. The summed E-state index contributed by atoms with van der Waals surface area (Å²) in [6.07, 6.45) is 4.13. The van der Waals surface area contributed by atoms with Crippen LogP contribution in [0.1, 0.15) is 37.3 Å². The Hall–Kier alpha value is -3.25. The standard InChI is InChI=1S/C25H29N5O/c1-19(2)13-16-29-17-14-21(15-18-29)26-25(31)23-27-24(20-9-5-3-6-10-20)30(28-23)22-11-7-4-8-12-22/h3-13,21H,14-18H2,1-2H3,(H,26,31). The van der Waals surface area contributed by atoms with Gasteiger partial charge in [0.15, 0.2) is 5.82 Å². The summed E-state index contributed by atoms with van der Waals surface area (Å²) in [4.78, 5) is 20.0. The minimum Gasteiger partial charge on any atom is -0.346 e. The van der Waals surface area contributed by atoms with Gasteiger partial charge in [0, 0.05) is 31.2 Å². The Kier molecular flexibility index (Phi) is 6.57. The Balaban J connectivity index is 1.49. The lowest BCUT2D eigenvalue weighted by atomic mass is 10.0. The molecule has 1 amide bonds.